The molecule has 1 aromatic heterocycles. The molecule has 0 bridgehead atoms. The van der Waals surface area contributed by atoms with Gasteiger partial charge < -0.3 is 5.73 Å². The van der Waals surface area contributed by atoms with E-state index in [-0.39, 0.29) is 0 Å². The molecule has 2 N–H and O–H groups in total. The second-order valence-corrected chi connectivity index (χ2v) is 4.81. The van der Waals surface area contributed by atoms with Crippen molar-refractivity contribution in [1.29, 1.82) is 0 Å². The van der Waals surface area contributed by atoms with Crippen LogP contribution in [0.5, 0.6) is 0 Å². The molecule has 15 heavy (non-hydrogen) atoms. The van der Waals surface area contributed by atoms with Crippen molar-refractivity contribution in [3.63, 3.8) is 0 Å². The Kier molecular flexibility index (Phi) is 2.11. The summed E-state index contributed by atoms with van der Waals surface area (Å²) >= 11 is 0. The SMILES string of the molecule is Nc1ncnc2c1CC[C@H]1CCCC[C@@H]21. The van der Waals surface area contributed by atoms with Gasteiger partial charge in [-0.1, -0.05) is 12.8 Å². The number of hydrogen-bond donors (Lipinski definition) is 1. The summed E-state index contributed by atoms with van der Waals surface area (Å²) in [6.07, 6.45) is 9.44. The van der Waals surface area contributed by atoms with Gasteiger partial charge in [0, 0.05) is 11.5 Å². The van der Waals surface area contributed by atoms with Crippen molar-refractivity contribution < 1.29 is 0 Å². The first-order valence-corrected chi connectivity index (χ1v) is 5.95. The van der Waals surface area contributed by atoms with Crippen LogP contribution in [-0.4, -0.2) is 9.97 Å². The highest BCUT2D eigenvalue weighted by molar-refractivity contribution is 5.44. The average molecular weight is 203 g/mol. The summed E-state index contributed by atoms with van der Waals surface area (Å²) in [4.78, 5) is 8.57. The van der Waals surface area contributed by atoms with Crippen molar-refractivity contribution in [2.45, 2.75) is 44.4 Å². The van der Waals surface area contributed by atoms with E-state index in [1.54, 1.807) is 6.33 Å². The average Bonchev–Trinajstić information content (AvgIpc) is 2.29. The van der Waals surface area contributed by atoms with E-state index in [1.165, 1.54) is 43.4 Å². The first-order valence-electron chi connectivity index (χ1n) is 5.95. The van der Waals surface area contributed by atoms with Gasteiger partial charge in [-0.3, -0.25) is 0 Å². The van der Waals surface area contributed by atoms with Crippen LogP contribution in [0, 0.1) is 5.92 Å². The third-order valence-corrected chi connectivity index (χ3v) is 4.04. The molecular weight excluding hydrogens is 186 g/mol. The second kappa shape index (κ2) is 3.47. The quantitative estimate of drug-likeness (QED) is 0.703. The Hall–Kier alpha value is -1.12. The molecule has 1 aromatic rings. The minimum Gasteiger partial charge on any atom is -0.383 e. The van der Waals surface area contributed by atoms with E-state index in [2.05, 4.69) is 9.97 Å². The number of nitrogens with zero attached hydrogens (tertiary/aromatic N) is 2. The number of fused-ring (bicyclic) bond motifs is 3. The van der Waals surface area contributed by atoms with Gasteiger partial charge in [0.1, 0.15) is 12.1 Å². The highest BCUT2D eigenvalue weighted by Crippen LogP contribution is 2.44. The zero-order chi connectivity index (χ0) is 10.3. The Labute approximate surface area is 90.1 Å². The third kappa shape index (κ3) is 1.41. The molecule has 0 radical (unpaired) electrons. The zero-order valence-corrected chi connectivity index (χ0v) is 8.95. The molecule has 80 valence electrons. The fourth-order valence-corrected chi connectivity index (χ4v) is 3.26. The summed E-state index contributed by atoms with van der Waals surface area (Å²) in [5.41, 5.74) is 8.41. The Bertz CT molecular complexity index is 375. The van der Waals surface area contributed by atoms with Gasteiger partial charge in [-0.05, 0) is 31.6 Å². The fourth-order valence-electron chi connectivity index (χ4n) is 3.26. The van der Waals surface area contributed by atoms with Crippen molar-refractivity contribution >= 4 is 5.82 Å². The monoisotopic (exact) mass is 203 g/mol. The first-order chi connectivity index (χ1) is 7.36. The van der Waals surface area contributed by atoms with Crippen LogP contribution in [0.2, 0.25) is 0 Å². The van der Waals surface area contributed by atoms with Crippen molar-refractivity contribution in [1.82, 2.24) is 9.97 Å². The summed E-state index contributed by atoms with van der Waals surface area (Å²) < 4.78 is 0. The van der Waals surface area contributed by atoms with Gasteiger partial charge in [0.15, 0.2) is 0 Å². The van der Waals surface area contributed by atoms with Crippen LogP contribution >= 0.6 is 0 Å². The molecule has 1 heterocycles. The van der Waals surface area contributed by atoms with E-state index in [1.807, 2.05) is 0 Å². The fraction of sp³-hybridized carbons (Fsp3) is 0.667. The van der Waals surface area contributed by atoms with Gasteiger partial charge in [-0.25, -0.2) is 9.97 Å². The topological polar surface area (TPSA) is 51.8 Å². The Morgan fingerprint density at radius 3 is 2.93 bits per heavy atom. The predicted molar refractivity (Wildman–Crippen MR) is 59.5 cm³/mol. The van der Waals surface area contributed by atoms with Gasteiger partial charge in [0.2, 0.25) is 0 Å². The van der Waals surface area contributed by atoms with E-state index in [4.69, 9.17) is 5.73 Å². The maximum atomic E-state index is 5.91. The summed E-state index contributed by atoms with van der Waals surface area (Å²) in [6, 6.07) is 0. The minimum absolute atomic E-state index is 0.674. The van der Waals surface area contributed by atoms with Crippen LogP contribution in [0.25, 0.3) is 0 Å². The molecule has 1 saturated carbocycles. The molecule has 1 fully saturated rings. The molecule has 3 rings (SSSR count). The van der Waals surface area contributed by atoms with Crippen LogP contribution in [0.4, 0.5) is 5.82 Å². The maximum absolute atomic E-state index is 5.91. The molecule has 3 nitrogen and oxygen atoms in total. The van der Waals surface area contributed by atoms with Crippen LogP contribution in [-0.2, 0) is 6.42 Å². The molecule has 2 aliphatic rings. The smallest absolute Gasteiger partial charge is 0.130 e. The lowest BCUT2D eigenvalue weighted by atomic mass is 9.70. The lowest BCUT2D eigenvalue weighted by Crippen LogP contribution is -2.26. The molecular formula is C12H17N3. The molecule has 2 aliphatic carbocycles. The van der Waals surface area contributed by atoms with Gasteiger partial charge in [0.25, 0.3) is 0 Å². The standard InChI is InChI=1S/C12H17N3/c13-12-10-6-5-8-3-1-2-4-9(8)11(10)14-7-15-12/h7-9H,1-6H2,(H2,13,14,15)/t8-,9-/m1/s1. The van der Waals surface area contributed by atoms with Gasteiger partial charge in [-0.2, -0.15) is 0 Å². The van der Waals surface area contributed by atoms with Crippen molar-refractivity contribution in [2.75, 3.05) is 5.73 Å². The van der Waals surface area contributed by atoms with Crippen molar-refractivity contribution in [3.05, 3.63) is 17.6 Å². The molecule has 0 unspecified atom stereocenters. The molecule has 3 heteroatoms. The molecule has 0 saturated heterocycles. The van der Waals surface area contributed by atoms with E-state index in [0.717, 1.165) is 12.3 Å². The van der Waals surface area contributed by atoms with Crippen LogP contribution in [0.3, 0.4) is 0 Å². The van der Waals surface area contributed by atoms with Gasteiger partial charge >= 0.3 is 0 Å². The lowest BCUT2D eigenvalue weighted by Gasteiger charge is -2.36. The molecule has 0 amide bonds. The van der Waals surface area contributed by atoms with Crippen molar-refractivity contribution in [2.24, 2.45) is 5.92 Å². The second-order valence-electron chi connectivity index (χ2n) is 4.81. The van der Waals surface area contributed by atoms with Gasteiger partial charge in [-0.15, -0.1) is 0 Å². The van der Waals surface area contributed by atoms with E-state index < -0.39 is 0 Å². The highest BCUT2D eigenvalue weighted by Gasteiger charge is 2.33. The summed E-state index contributed by atoms with van der Waals surface area (Å²) in [5.74, 6) is 2.25. The summed E-state index contributed by atoms with van der Waals surface area (Å²) in [7, 11) is 0. The van der Waals surface area contributed by atoms with E-state index >= 15 is 0 Å². The third-order valence-electron chi connectivity index (χ3n) is 4.04. The number of rotatable bonds is 0. The normalized spacial score (nSPS) is 29.3. The number of nitrogen functional groups attached to an aromatic ring is 1. The number of nitrogens with two attached hydrogens (primary N) is 1. The van der Waals surface area contributed by atoms with E-state index in [0.29, 0.717) is 11.7 Å². The molecule has 0 aliphatic heterocycles. The Morgan fingerprint density at radius 1 is 1.13 bits per heavy atom. The largest absolute Gasteiger partial charge is 0.383 e. The maximum Gasteiger partial charge on any atom is 0.130 e. The molecule has 0 spiro atoms. The van der Waals surface area contributed by atoms with Crippen LogP contribution < -0.4 is 5.73 Å². The van der Waals surface area contributed by atoms with Crippen molar-refractivity contribution in [3.8, 4) is 0 Å². The number of hydrogen-bond acceptors (Lipinski definition) is 3. The lowest BCUT2D eigenvalue weighted by molar-refractivity contribution is 0.270. The van der Waals surface area contributed by atoms with Gasteiger partial charge in [0.05, 0.1) is 5.69 Å². The number of aromatic nitrogens is 2. The predicted octanol–water partition coefficient (Wildman–Crippen LogP) is 2.28. The van der Waals surface area contributed by atoms with E-state index in [9.17, 15) is 0 Å². The first kappa shape index (κ1) is 9.13. The zero-order valence-electron chi connectivity index (χ0n) is 8.95. The van der Waals surface area contributed by atoms with Crippen LogP contribution in [0.15, 0.2) is 6.33 Å². The number of anilines is 1. The van der Waals surface area contributed by atoms with Crippen LogP contribution in [0.1, 0.15) is 49.3 Å². The molecule has 0 aromatic carbocycles. The Morgan fingerprint density at radius 2 is 2.00 bits per heavy atom. The minimum atomic E-state index is 0.674. The summed E-state index contributed by atoms with van der Waals surface area (Å²) in [6.45, 7) is 0. The molecule has 2 atom stereocenters. The Balaban J connectivity index is 2.03. The highest BCUT2D eigenvalue weighted by atomic mass is 14.9. The summed E-state index contributed by atoms with van der Waals surface area (Å²) in [5, 5.41) is 0.